The molecule has 0 saturated carbocycles. The van der Waals surface area contributed by atoms with Crippen molar-refractivity contribution in [3.63, 3.8) is 0 Å². The number of benzene rings is 1. The number of nitrogens with zero attached hydrogens (tertiary/aromatic N) is 3. The van der Waals surface area contributed by atoms with Gasteiger partial charge in [0.2, 0.25) is 0 Å². The van der Waals surface area contributed by atoms with Gasteiger partial charge in [0.1, 0.15) is 11.8 Å². The molecule has 3 rings (SSSR count). The number of carbonyl (C=O) groups excluding carboxylic acids is 2. The maximum atomic E-state index is 12.3. The lowest BCUT2D eigenvalue weighted by Crippen LogP contribution is -2.14. The van der Waals surface area contributed by atoms with E-state index >= 15 is 0 Å². The fourth-order valence-electron chi connectivity index (χ4n) is 3.02. The first kappa shape index (κ1) is 19.9. The summed E-state index contributed by atoms with van der Waals surface area (Å²) in [5.41, 5.74) is 1.23. The van der Waals surface area contributed by atoms with E-state index < -0.39 is 11.9 Å². The van der Waals surface area contributed by atoms with Gasteiger partial charge in [0.05, 0.1) is 19.2 Å². The van der Waals surface area contributed by atoms with E-state index in [9.17, 15) is 14.9 Å². The highest BCUT2D eigenvalue weighted by Gasteiger charge is 2.25. The molecule has 8 heteroatoms. The van der Waals surface area contributed by atoms with Gasteiger partial charge in [-0.2, -0.15) is 5.26 Å². The first-order chi connectivity index (χ1) is 14.0. The Hall–Kier alpha value is -3.86. The van der Waals surface area contributed by atoms with Gasteiger partial charge < -0.3 is 18.8 Å². The second-order valence-corrected chi connectivity index (χ2v) is 6.12. The van der Waals surface area contributed by atoms with Gasteiger partial charge in [-0.05, 0) is 30.7 Å². The van der Waals surface area contributed by atoms with Crippen LogP contribution in [0.5, 0.6) is 11.5 Å². The fourth-order valence-corrected chi connectivity index (χ4v) is 3.02. The molecule has 0 amide bonds. The molecule has 3 aromatic rings. The number of methoxy groups -OCH3 is 1. The Morgan fingerprint density at radius 2 is 2.07 bits per heavy atom. The summed E-state index contributed by atoms with van der Waals surface area (Å²) in [4.78, 5) is 28.1. The average molecular weight is 393 g/mol. The number of pyridine rings is 1. The van der Waals surface area contributed by atoms with Gasteiger partial charge in [0.25, 0.3) is 0 Å². The molecule has 148 valence electrons. The quantitative estimate of drug-likeness (QED) is 0.593. The Morgan fingerprint density at radius 3 is 2.72 bits per heavy atom. The zero-order valence-electron chi connectivity index (χ0n) is 16.3. The Kier molecular flexibility index (Phi) is 5.79. The van der Waals surface area contributed by atoms with Gasteiger partial charge in [0.15, 0.2) is 17.1 Å². The predicted octanol–water partition coefficient (Wildman–Crippen LogP) is 3.07. The van der Waals surface area contributed by atoms with E-state index in [1.165, 1.54) is 6.92 Å². The van der Waals surface area contributed by atoms with Crippen LogP contribution in [0, 0.1) is 11.3 Å². The SMILES string of the molecule is CCOC(=O)c1nc(C#N)c2c(ccn2Cc2cccc(OC)c2)c1OC(C)=O. The van der Waals surface area contributed by atoms with Crippen molar-refractivity contribution in [1.82, 2.24) is 9.55 Å². The summed E-state index contributed by atoms with van der Waals surface area (Å²) in [5, 5.41) is 10.1. The number of aromatic nitrogens is 2. The zero-order chi connectivity index (χ0) is 21.0. The lowest BCUT2D eigenvalue weighted by atomic mass is 10.1. The topological polar surface area (TPSA) is 103 Å². The Bertz CT molecular complexity index is 1130. The summed E-state index contributed by atoms with van der Waals surface area (Å²) < 4.78 is 17.3. The maximum absolute atomic E-state index is 12.3. The molecule has 0 bridgehead atoms. The second kappa shape index (κ2) is 8.44. The van der Waals surface area contributed by atoms with Crippen LogP contribution in [0.15, 0.2) is 36.5 Å². The van der Waals surface area contributed by atoms with Crippen molar-refractivity contribution in [2.24, 2.45) is 0 Å². The van der Waals surface area contributed by atoms with Crippen LogP contribution in [0.1, 0.15) is 35.6 Å². The van der Waals surface area contributed by atoms with E-state index in [1.807, 2.05) is 30.3 Å². The smallest absolute Gasteiger partial charge is 0.360 e. The molecule has 0 aliphatic heterocycles. The van der Waals surface area contributed by atoms with Gasteiger partial charge in [-0.25, -0.2) is 9.78 Å². The second-order valence-electron chi connectivity index (χ2n) is 6.12. The molecular formula is C21H19N3O5. The van der Waals surface area contributed by atoms with Gasteiger partial charge in [0, 0.05) is 25.1 Å². The largest absolute Gasteiger partial charge is 0.497 e. The number of hydrogen-bond acceptors (Lipinski definition) is 7. The summed E-state index contributed by atoms with van der Waals surface area (Å²) in [6.07, 6.45) is 1.74. The van der Waals surface area contributed by atoms with Gasteiger partial charge >= 0.3 is 11.9 Å². The molecule has 0 fully saturated rings. The third kappa shape index (κ3) is 4.04. The van der Waals surface area contributed by atoms with Crippen molar-refractivity contribution >= 4 is 22.8 Å². The van der Waals surface area contributed by atoms with Crippen LogP contribution >= 0.6 is 0 Å². The van der Waals surface area contributed by atoms with Gasteiger partial charge in [-0.1, -0.05) is 12.1 Å². The highest BCUT2D eigenvalue weighted by Crippen LogP contribution is 2.33. The van der Waals surface area contributed by atoms with Crippen LogP contribution in [-0.2, 0) is 16.1 Å². The third-order valence-electron chi connectivity index (χ3n) is 4.18. The molecule has 2 heterocycles. The van der Waals surface area contributed by atoms with Gasteiger partial charge in [-0.15, -0.1) is 0 Å². The van der Waals surface area contributed by atoms with Crippen LogP contribution in [0.3, 0.4) is 0 Å². The van der Waals surface area contributed by atoms with E-state index in [2.05, 4.69) is 4.98 Å². The number of ether oxygens (including phenoxy) is 3. The minimum Gasteiger partial charge on any atom is -0.497 e. The van der Waals surface area contributed by atoms with E-state index in [4.69, 9.17) is 14.2 Å². The van der Waals surface area contributed by atoms with Crippen molar-refractivity contribution < 1.29 is 23.8 Å². The van der Waals surface area contributed by atoms with Crippen LogP contribution < -0.4 is 9.47 Å². The molecule has 8 nitrogen and oxygen atoms in total. The maximum Gasteiger partial charge on any atom is 0.360 e. The molecule has 2 aromatic heterocycles. The molecular weight excluding hydrogens is 374 g/mol. The highest BCUT2D eigenvalue weighted by molar-refractivity contribution is 6.01. The van der Waals surface area contributed by atoms with Crippen molar-refractivity contribution in [3.8, 4) is 17.6 Å². The molecule has 1 aromatic carbocycles. The van der Waals surface area contributed by atoms with E-state index in [1.54, 1.807) is 30.9 Å². The zero-order valence-corrected chi connectivity index (χ0v) is 16.3. The number of carbonyl (C=O) groups is 2. The minimum atomic E-state index is -0.761. The molecule has 0 N–H and O–H groups in total. The van der Waals surface area contributed by atoms with Gasteiger partial charge in [-0.3, -0.25) is 4.79 Å². The lowest BCUT2D eigenvalue weighted by Gasteiger charge is -2.12. The third-order valence-corrected chi connectivity index (χ3v) is 4.18. The average Bonchev–Trinajstić information content (AvgIpc) is 3.12. The van der Waals surface area contributed by atoms with E-state index in [0.717, 1.165) is 5.56 Å². The molecule has 0 aliphatic rings. The molecule has 29 heavy (non-hydrogen) atoms. The van der Waals surface area contributed by atoms with Crippen LogP contribution in [0.25, 0.3) is 10.9 Å². The number of rotatable bonds is 6. The monoisotopic (exact) mass is 393 g/mol. The first-order valence-electron chi connectivity index (χ1n) is 8.89. The standard InChI is InChI=1S/C21H19N3O5/c1-4-28-21(26)18-20(29-13(2)25)16-8-9-24(19(16)17(11-22)23-18)12-14-6-5-7-15(10-14)27-3/h5-10H,4,12H2,1-3H3. The Morgan fingerprint density at radius 1 is 1.28 bits per heavy atom. The molecule has 0 saturated heterocycles. The summed E-state index contributed by atoms with van der Waals surface area (Å²) in [6, 6.07) is 11.2. The first-order valence-corrected chi connectivity index (χ1v) is 8.89. The minimum absolute atomic E-state index is 0.0191. The number of fused-ring (bicyclic) bond motifs is 1. The van der Waals surface area contributed by atoms with Crippen molar-refractivity contribution in [2.75, 3.05) is 13.7 Å². The lowest BCUT2D eigenvalue weighted by molar-refractivity contribution is -0.131. The number of hydrogen-bond donors (Lipinski definition) is 0. The summed E-state index contributed by atoms with van der Waals surface area (Å²) in [5.74, 6) is -0.677. The van der Waals surface area contributed by atoms with Crippen molar-refractivity contribution in [2.45, 2.75) is 20.4 Å². The predicted molar refractivity (Wildman–Crippen MR) is 104 cm³/mol. The fraction of sp³-hybridized carbons (Fsp3) is 0.238. The number of nitriles is 1. The summed E-state index contributed by atoms with van der Waals surface area (Å²) in [7, 11) is 1.59. The Balaban J connectivity index is 2.18. The molecule has 0 atom stereocenters. The van der Waals surface area contributed by atoms with Crippen molar-refractivity contribution in [3.05, 3.63) is 53.5 Å². The summed E-state index contributed by atoms with van der Waals surface area (Å²) in [6.45, 7) is 3.43. The Labute approximate surface area is 167 Å². The molecule has 0 unspecified atom stereocenters. The van der Waals surface area contributed by atoms with Crippen LogP contribution in [0.2, 0.25) is 0 Å². The highest BCUT2D eigenvalue weighted by atomic mass is 16.5. The van der Waals surface area contributed by atoms with E-state index in [-0.39, 0.29) is 23.7 Å². The normalized spacial score (nSPS) is 10.4. The van der Waals surface area contributed by atoms with Crippen LogP contribution in [0.4, 0.5) is 0 Å². The molecule has 0 radical (unpaired) electrons. The van der Waals surface area contributed by atoms with Crippen LogP contribution in [-0.4, -0.2) is 35.2 Å². The van der Waals surface area contributed by atoms with Crippen molar-refractivity contribution in [1.29, 1.82) is 5.26 Å². The van der Waals surface area contributed by atoms with E-state index in [0.29, 0.717) is 23.2 Å². The molecule has 0 spiro atoms. The molecule has 0 aliphatic carbocycles. The summed E-state index contributed by atoms with van der Waals surface area (Å²) >= 11 is 0. The number of esters is 2.